The molecule has 0 bridgehead atoms. The Bertz CT molecular complexity index is 3130. The first-order chi connectivity index (χ1) is 37.2. The number of likely N-dealkylation sites (N-methyl/N-ethyl adjacent to an activating group) is 2. The van der Waals surface area contributed by atoms with Gasteiger partial charge in [-0.1, -0.05) is 58.0 Å². The van der Waals surface area contributed by atoms with Gasteiger partial charge in [-0.3, -0.25) is 14.4 Å². The molecule has 0 saturated carbocycles. The number of hydrogen-bond donors (Lipinski definition) is 7. The summed E-state index contributed by atoms with van der Waals surface area (Å²) in [6.45, 7) is 12.8. The van der Waals surface area contributed by atoms with Crippen molar-refractivity contribution in [2.75, 3.05) is 61.7 Å². The van der Waals surface area contributed by atoms with Crippen molar-refractivity contribution in [2.24, 2.45) is 11.7 Å². The summed E-state index contributed by atoms with van der Waals surface area (Å²) >= 11 is 6.71. The smallest absolute Gasteiger partial charge is 0.415 e. The summed E-state index contributed by atoms with van der Waals surface area (Å²) in [6.07, 6.45) is 3.12. The van der Waals surface area contributed by atoms with Crippen molar-refractivity contribution < 1.29 is 43.3 Å². The molecule has 8 N–H and O–H groups in total. The van der Waals surface area contributed by atoms with Gasteiger partial charge in [0, 0.05) is 98.9 Å². The number of amides is 7. The fraction of sp³-hybridized carbons (Fsp3) is 0.386. The number of alkyl halides is 1. The van der Waals surface area contributed by atoms with Gasteiger partial charge in [-0.05, 0) is 103 Å². The van der Waals surface area contributed by atoms with Crippen molar-refractivity contribution in [1.82, 2.24) is 35.1 Å². The largest absolute Gasteiger partial charge is 0.508 e. The zero-order valence-corrected chi connectivity index (χ0v) is 46.0. The van der Waals surface area contributed by atoms with Crippen molar-refractivity contribution in [3.05, 3.63) is 125 Å². The van der Waals surface area contributed by atoms with Gasteiger partial charge < -0.3 is 66.0 Å². The number of hydrogen-bond acceptors (Lipinski definition) is 12. The van der Waals surface area contributed by atoms with Crippen LogP contribution in [0.5, 0.6) is 11.5 Å². The molecule has 78 heavy (non-hydrogen) atoms. The lowest BCUT2D eigenvalue weighted by Gasteiger charge is -2.27. The lowest BCUT2D eigenvalue weighted by molar-refractivity contribution is -0.129. The van der Waals surface area contributed by atoms with Crippen LogP contribution >= 0.6 is 11.6 Å². The number of nitrogens with one attached hydrogen (secondary N) is 5. The van der Waals surface area contributed by atoms with E-state index in [0.29, 0.717) is 52.7 Å². The number of imidazole rings is 1. The van der Waals surface area contributed by atoms with E-state index in [1.165, 1.54) is 21.9 Å². The summed E-state index contributed by atoms with van der Waals surface area (Å²) in [4.78, 5) is 87.9. The molecule has 0 radical (unpaired) electrons. The van der Waals surface area contributed by atoms with E-state index in [-0.39, 0.29) is 74.1 Å². The second-order valence-corrected chi connectivity index (χ2v) is 20.6. The van der Waals surface area contributed by atoms with Crippen LogP contribution in [0.3, 0.4) is 0 Å². The number of pyridine rings is 1. The molecular formula is C57H70ClN11O9. The maximum Gasteiger partial charge on any atom is 0.415 e. The third-order valence-corrected chi connectivity index (χ3v) is 14.0. The number of primary amides is 1. The molecule has 1 unspecified atom stereocenters. The van der Waals surface area contributed by atoms with Crippen LogP contribution < -0.4 is 42.0 Å². The Balaban J connectivity index is 0.954. The highest BCUT2D eigenvalue weighted by molar-refractivity contribution is 6.19. The normalized spacial score (nSPS) is 14.1. The maximum absolute atomic E-state index is 13.8. The van der Waals surface area contributed by atoms with E-state index in [1.807, 2.05) is 75.5 Å². The maximum atomic E-state index is 13.8. The first kappa shape index (κ1) is 57.6. The van der Waals surface area contributed by atoms with E-state index in [4.69, 9.17) is 31.8 Å². The van der Waals surface area contributed by atoms with E-state index in [1.54, 1.807) is 62.8 Å². The number of benzene rings is 4. The quantitative estimate of drug-likeness (QED) is 0.0251. The number of aromatic nitrogens is 2. The second-order valence-electron chi connectivity index (χ2n) is 20.3. The van der Waals surface area contributed by atoms with Crippen LogP contribution in [0.25, 0.3) is 16.4 Å². The summed E-state index contributed by atoms with van der Waals surface area (Å²) in [5.74, 6) is -0.338. The van der Waals surface area contributed by atoms with Gasteiger partial charge >= 0.3 is 18.2 Å². The lowest BCUT2D eigenvalue weighted by atomic mass is 9.92. The molecule has 0 spiro atoms. The summed E-state index contributed by atoms with van der Waals surface area (Å²) in [5.41, 5.74) is 11.7. The molecule has 21 heteroatoms. The van der Waals surface area contributed by atoms with Crippen LogP contribution in [-0.2, 0) is 20.9 Å². The number of anilines is 3. The molecule has 0 aliphatic carbocycles. The van der Waals surface area contributed by atoms with E-state index in [9.17, 15) is 33.9 Å². The predicted molar refractivity (Wildman–Crippen MR) is 301 cm³/mol. The molecule has 4 atom stereocenters. The van der Waals surface area contributed by atoms with Crippen LogP contribution in [0.4, 0.5) is 31.4 Å². The highest BCUT2D eigenvalue weighted by Crippen LogP contribution is 2.49. The van der Waals surface area contributed by atoms with Gasteiger partial charge in [0.05, 0.1) is 23.5 Å². The third-order valence-electron chi connectivity index (χ3n) is 13.7. The minimum absolute atomic E-state index is 0.0343. The van der Waals surface area contributed by atoms with Crippen molar-refractivity contribution in [1.29, 1.82) is 0 Å². The third kappa shape index (κ3) is 14.3. The molecule has 20 nitrogen and oxygen atoms in total. The molecule has 0 saturated heterocycles. The predicted octanol–water partition coefficient (Wildman–Crippen LogP) is 8.25. The molecule has 2 aromatic heterocycles. The van der Waals surface area contributed by atoms with Crippen molar-refractivity contribution >= 4 is 81.0 Å². The van der Waals surface area contributed by atoms with Crippen molar-refractivity contribution in [2.45, 2.75) is 91.1 Å². The Morgan fingerprint density at radius 1 is 0.859 bits per heavy atom. The Hall–Kier alpha value is -8.10. The number of halogens is 1. The number of nitrogens with zero attached hydrogens (tertiary/aromatic N) is 5. The number of fused-ring (bicyclic) bond motifs is 4. The highest BCUT2D eigenvalue weighted by Gasteiger charge is 2.36. The number of carbonyl (C=O) groups is 6. The van der Waals surface area contributed by atoms with Crippen LogP contribution in [0, 0.1) is 12.8 Å². The van der Waals surface area contributed by atoms with Gasteiger partial charge in [0.1, 0.15) is 29.8 Å². The Morgan fingerprint density at radius 2 is 1.55 bits per heavy atom. The zero-order valence-electron chi connectivity index (χ0n) is 45.3. The average Bonchev–Trinajstić information content (AvgIpc) is 4.21. The molecule has 4 aromatic carbocycles. The summed E-state index contributed by atoms with van der Waals surface area (Å²) in [6, 6.07) is 21.8. The Kier molecular flexibility index (Phi) is 19.1. The van der Waals surface area contributed by atoms with E-state index >= 15 is 0 Å². The van der Waals surface area contributed by atoms with Crippen LogP contribution in [0.1, 0.15) is 92.2 Å². The molecule has 3 heterocycles. The number of aryl methyl sites for hydroxylation is 1. The first-order valence-electron chi connectivity index (χ1n) is 26.0. The summed E-state index contributed by atoms with van der Waals surface area (Å²) in [5, 5.41) is 25.8. The monoisotopic (exact) mass is 1090 g/mol. The van der Waals surface area contributed by atoms with Crippen molar-refractivity contribution in [3.63, 3.8) is 0 Å². The Morgan fingerprint density at radius 3 is 2.22 bits per heavy atom. The van der Waals surface area contributed by atoms with E-state index in [2.05, 4.69) is 38.4 Å². The van der Waals surface area contributed by atoms with Crippen LogP contribution in [0.15, 0.2) is 97.3 Å². The zero-order chi connectivity index (χ0) is 56.4. The summed E-state index contributed by atoms with van der Waals surface area (Å²) in [7, 11) is 3.17. The molecule has 1 aliphatic rings. The van der Waals surface area contributed by atoms with E-state index < -0.39 is 36.2 Å². The molecule has 0 fully saturated rings. The summed E-state index contributed by atoms with van der Waals surface area (Å²) < 4.78 is 13.6. The number of rotatable bonds is 22. The van der Waals surface area contributed by atoms with Crippen molar-refractivity contribution in [3.8, 4) is 11.5 Å². The van der Waals surface area contributed by atoms with Gasteiger partial charge in [-0.2, -0.15) is 0 Å². The first-order valence-corrected chi connectivity index (χ1v) is 26.5. The van der Waals surface area contributed by atoms with Crippen LogP contribution in [-0.4, -0.2) is 125 Å². The van der Waals surface area contributed by atoms with E-state index in [0.717, 1.165) is 33.3 Å². The lowest BCUT2D eigenvalue weighted by Crippen LogP contribution is -2.54. The minimum Gasteiger partial charge on any atom is -0.508 e. The van der Waals surface area contributed by atoms with Gasteiger partial charge in [0.15, 0.2) is 0 Å². The number of urea groups is 1. The molecule has 7 rings (SSSR count). The average molecular weight is 1090 g/mol. The van der Waals surface area contributed by atoms with Gasteiger partial charge in [0.25, 0.3) is 5.91 Å². The van der Waals surface area contributed by atoms with Gasteiger partial charge in [-0.25, -0.2) is 19.4 Å². The number of phenolic OH excluding ortho intramolecular Hbond substituents is 1. The van der Waals surface area contributed by atoms with Gasteiger partial charge in [0.2, 0.25) is 11.8 Å². The number of phenols is 1. The SMILES string of the molecule is Cc1cccc2c(OC(=O)N(C)CCN(C)C(=O)OCc3ccc(NC(=O)[C@H](CCCNC(N)=O)NC(=O)[C@@H](NC(C)C)C(C)C)cc3)cc3c(c12)[C@H](CCl)CN3C(C)c1cn2cc(NC(=O)c3ccc(O)cc3)ccc2n1. The highest BCUT2D eigenvalue weighted by atomic mass is 35.5. The molecule has 7 amide bonds. The second kappa shape index (κ2) is 25.8. The minimum atomic E-state index is -0.898. The van der Waals surface area contributed by atoms with Gasteiger partial charge in [-0.15, -0.1) is 11.6 Å². The topological polar surface area (TPSA) is 254 Å². The van der Waals surface area contributed by atoms with Crippen LogP contribution in [0.2, 0.25) is 0 Å². The molecular weight excluding hydrogens is 1020 g/mol. The molecule has 1 aliphatic heterocycles. The number of nitrogens with two attached hydrogens (primary N) is 1. The fourth-order valence-electron chi connectivity index (χ4n) is 9.36. The molecule has 6 aromatic rings. The molecule has 414 valence electrons. The number of ether oxygens (including phenoxy) is 2. The Labute approximate surface area is 458 Å². The number of carbonyl (C=O) groups excluding carboxylic acids is 6. The standard InChI is InChI=1S/C57H70ClN11O9/c1-33(2)51(61-34(3)4)54(73)65-44(13-10-24-60-55(59)74)53(72)62-40-18-14-37(15-19-40)32-77-56(75)66(7)25-26-67(8)57(76)78-47-27-46-50(49-35(5)11-9-12-43(47)49)39(28-58)29-69(46)36(6)45-31-68-30-41(20-23-48(68)64-45)63-52(71)38-16-21-42(70)22-17-38/h9,11-12,14-23,27,30-31,33-34,36,39,44,51,61,70H,10,13,24-26,28-29,32H2,1-8H3,(H,62,72)(H,63,71)(H,65,73)(H3,59,60,74)/t36?,39-,44+,51+/m1/s1. The number of aromatic hydroxyl groups is 1. The fourth-order valence-corrected chi connectivity index (χ4v) is 9.61.